The van der Waals surface area contributed by atoms with Crippen LogP contribution in [0, 0.1) is 0 Å². The van der Waals surface area contributed by atoms with Gasteiger partial charge in [-0.15, -0.1) is 5.06 Å². The van der Waals surface area contributed by atoms with Crippen molar-refractivity contribution in [2.24, 2.45) is 0 Å². The summed E-state index contributed by atoms with van der Waals surface area (Å²) in [6.45, 7) is 5.68. The lowest BCUT2D eigenvalue weighted by atomic mass is 10.1. The van der Waals surface area contributed by atoms with Gasteiger partial charge >= 0.3 is 6.18 Å². The van der Waals surface area contributed by atoms with Crippen molar-refractivity contribution in [3.63, 3.8) is 0 Å². The standard InChI is InChI=1S/C25H30F3N3O2/c1-20-18-23(21-8-3-2-4-9-21)31(33-20)13-7-12-29-14-16-30(17-15-29)22-10-5-6-11-24(22)32-19-25(26,27)28/h2-6,8-11,18,23H,7,12-17,19H2,1H3. The summed E-state index contributed by atoms with van der Waals surface area (Å²) >= 11 is 0. The van der Waals surface area contributed by atoms with E-state index in [1.54, 1.807) is 12.1 Å². The van der Waals surface area contributed by atoms with E-state index in [1.807, 2.05) is 42.3 Å². The minimum atomic E-state index is -4.35. The minimum Gasteiger partial charge on any atom is -0.482 e. The van der Waals surface area contributed by atoms with E-state index in [2.05, 4.69) is 28.0 Å². The van der Waals surface area contributed by atoms with E-state index in [-0.39, 0.29) is 11.8 Å². The van der Waals surface area contributed by atoms with Crippen molar-refractivity contribution in [1.82, 2.24) is 9.96 Å². The summed E-state index contributed by atoms with van der Waals surface area (Å²) in [7, 11) is 0. The maximum Gasteiger partial charge on any atom is 0.422 e. The van der Waals surface area contributed by atoms with Gasteiger partial charge in [0.05, 0.1) is 11.7 Å². The molecule has 2 aromatic carbocycles. The molecular weight excluding hydrogens is 431 g/mol. The predicted molar refractivity (Wildman–Crippen MR) is 122 cm³/mol. The summed E-state index contributed by atoms with van der Waals surface area (Å²) < 4.78 is 42.8. The van der Waals surface area contributed by atoms with Crippen LogP contribution in [0.1, 0.15) is 24.9 Å². The van der Waals surface area contributed by atoms with Crippen LogP contribution in [0.2, 0.25) is 0 Å². The molecule has 2 aromatic rings. The third-order valence-electron chi connectivity index (χ3n) is 5.93. The Balaban J connectivity index is 1.24. The van der Waals surface area contributed by atoms with E-state index in [0.717, 1.165) is 57.1 Å². The number of benzene rings is 2. The fourth-order valence-electron chi connectivity index (χ4n) is 4.34. The highest BCUT2D eigenvalue weighted by Crippen LogP contribution is 2.32. The van der Waals surface area contributed by atoms with Gasteiger partial charge < -0.3 is 14.5 Å². The fraction of sp³-hybridized carbons (Fsp3) is 0.440. The van der Waals surface area contributed by atoms with E-state index in [0.29, 0.717) is 0 Å². The molecule has 8 heteroatoms. The Labute approximate surface area is 192 Å². The lowest BCUT2D eigenvalue weighted by Gasteiger charge is -2.37. The number of para-hydroxylation sites is 2. The number of hydroxylamine groups is 2. The molecule has 178 valence electrons. The third kappa shape index (κ3) is 6.42. The molecule has 2 aliphatic heterocycles. The molecule has 0 amide bonds. The van der Waals surface area contributed by atoms with Crippen molar-refractivity contribution < 1.29 is 22.7 Å². The summed E-state index contributed by atoms with van der Waals surface area (Å²) in [5.74, 6) is 1.20. The highest BCUT2D eigenvalue weighted by molar-refractivity contribution is 5.58. The van der Waals surface area contributed by atoms with E-state index in [4.69, 9.17) is 9.57 Å². The smallest absolute Gasteiger partial charge is 0.422 e. The topological polar surface area (TPSA) is 28.2 Å². The molecule has 1 fully saturated rings. The Bertz CT molecular complexity index is 928. The average Bonchev–Trinajstić information content (AvgIpc) is 3.19. The van der Waals surface area contributed by atoms with Crippen molar-refractivity contribution in [1.29, 1.82) is 0 Å². The molecule has 4 rings (SSSR count). The normalized spacial score (nSPS) is 19.9. The number of hydrogen-bond acceptors (Lipinski definition) is 5. The van der Waals surface area contributed by atoms with Gasteiger partial charge in [-0.1, -0.05) is 42.5 Å². The maximum atomic E-state index is 12.6. The second kappa shape index (κ2) is 10.5. The van der Waals surface area contributed by atoms with Gasteiger partial charge in [-0.2, -0.15) is 13.2 Å². The summed E-state index contributed by atoms with van der Waals surface area (Å²) in [4.78, 5) is 10.4. The molecule has 33 heavy (non-hydrogen) atoms. The molecule has 5 nitrogen and oxygen atoms in total. The van der Waals surface area contributed by atoms with E-state index >= 15 is 0 Å². The van der Waals surface area contributed by atoms with Crippen LogP contribution >= 0.6 is 0 Å². The molecule has 0 radical (unpaired) electrons. The Hall–Kier alpha value is -2.71. The zero-order valence-corrected chi connectivity index (χ0v) is 18.8. The van der Waals surface area contributed by atoms with Gasteiger partial charge in [0.1, 0.15) is 11.5 Å². The Morgan fingerprint density at radius 1 is 0.939 bits per heavy atom. The first-order chi connectivity index (χ1) is 15.9. The molecule has 0 spiro atoms. The fourth-order valence-corrected chi connectivity index (χ4v) is 4.34. The molecule has 0 aromatic heterocycles. The lowest BCUT2D eigenvalue weighted by molar-refractivity contribution is -0.153. The molecule has 0 aliphatic carbocycles. The largest absolute Gasteiger partial charge is 0.482 e. The predicted octanol–water partition coefficient (Wildman–Crippen LogP) is 5.03. The van der Waals surface area contributed by atoms with Gasteiger partial charge in [0.2, 0.25) is 0 Å². The van der Waals surface area contributed by atoms with Crippen LogP contribution in [-0.2, 0) is 4.84 Å². The molecule has 1 saturated heterocycles. The Kier molecular flexibility index (Phi) is 7.45. The number of halogens is 3. The van der Waals surface area contributed by atoms with Crippen LogP contribution in [0.25, 0.3) is 0 Å². The molecule has 0 bridgehead atoms. The first-order valence-corrected chi connectivity index (χ1v) is 11.3. The highest BCUT2D eigenvalue weighted by atomic mass is 19.4. The number of hydrogen-bond donors (Lipinski definition) is 0. The summed E-state index contributed by atoms with van der Waals surface area (Å²) in [6, 6.07) is 17.4. The second-order valence-electron chi connectivity index (χ2n) is 8.42. The monoisotopic (exact) mass is 461 g/mol. The number of ether oxygens (including phenoxy) is 1. The van der Waals surface area contributed by atoms with E-state index in [1.165, 1.54) is 5.56 Å². The number of allylic oxidation sites excluding steroid dienone is 1. The van der Waals surface area contributed by atoms with Gasteiger partial charge in [0.25, 0.3) is 0 Å². The number of rotatable bonds is 8. The molecule has 2 aliphatic rings. The maximum absolute atomic E-state index is 12.6. The molecular formula is C25H30F3N3O2. The first-order valence-electron chi connectivity index (χ1n) is 11.3. The van der Waals surface area contributed by atoms with Crippen LogP contribution in [0.15, 0.2) is 66.4 Å². The number of anilines is 1. The van der Waals surface area contributed by atoms with Gasteiger partial charge in [-0.25, -0.2) is 0 Å². The zero-order valence-electron chi connectivity index (χ0n) is 18.8. The third-order valence-corrected chi connectivity index (χ3v) is 5.93. The lowest BCUT2D eigenvalue weighted by Crippen LogP contribution is -2.47. The summed E-state index contributed by atoms with van der Waals surface area (Å²) in [5, 5.41) is 2.04. The first kappa shape index (κ1) is 23.4. The summed E-state index contributed by atoms with van der Waals surface area (Å²) in [5.41, 5.74) is 1.94. The molecule has 1 unspecified atom stereocenters. The Morgan fingerprint density at radius 3 is 2.36 bits per heavy atom. The SMILES string of the molecule is CC1=CC(c2ccccc2)N(CCCN2CCN(c3ccccc3OCC(F)(F)F)CC2)O1. The highest BCUT2D eigenvalue weighted by Gasteiger charge is 2.30. The van der Waals surface area contributed by atoms with Crippen LogP contribution in [-0.4, -0.2) is 62.0 Å². The molecule has 1 atom stereocenters. The minimum absolute atomic E-state index is 0.135. The molecule has 2 heterocycles. The van der Waals surface area contributed by atoms with Crippen LogP contribution in [0.3, 0.4) is 0 Å². The number of piperazine rings is 1. The molecule has 0 N–H and O–H groups in total. The average molecular weight is 462 g/mol. The van der Waals surface area contributed by atoms with Crippen molar-refractivity contribution in [2.45, 2.75) is 25.6 Å². The van der Waals surface area contributed by atoms with Crippen LogP contribution < -0.4 is 9.64 Å². The quantitative estimate of drug-likeness (QED) is 0.550. The van der Waals surface area contributed by atoms with Crippen LogP contribution in [0.4, 0.5) is 18.9 Å². The van der Waals surface area contributed by atoms with Crippen molar-refractivity contribution in [3.05, 3.63) is 72.0 Å². The van der Waals surface area contributed by atoms with Crippen molar-refractivity contribution in [2.75, 3.05) is 50.8 Å². The van der Waals surface area contributed by atoms with Crippen molar-refractivity contribution >= 4 is 5.69 Å². The van der Waals surface area contributed by atoms with E-state index in [9.17, 15) is 13.2 Å². The Morgan fingerprint density at radius 2 is 1.64 bits per heavy atom. The van der Waals surface area contributed by atoms with Crippen LogP contribution in [0.5, 0.6) is 5.75 Å². The number of alkyl halides is 3. The summed E-state index contributed by atoms with van der Waals surface area (Å²) in [6.07, 6.45) is -1.24. The number of nitrogens with zero attached hydrogens (tertiary/aromatic N) is 3. The van der Waals surface area contributed by atoms with Gasteiger partial charge in [-0.05, 0) is 43.7 Å². The molecule has 0 saturated carbocycles. The second-order valence-corrected chi connectivity index (χ2v) is 8.42. The van der Waals surface area contributed by atoms with Gasteiger partial charge in [0, 0.05) is 32.7 Å². The zero-order chi connectivity index (χ0) is 23.3. The van der Waals surface area contributed by atoms with Crippen molar-refractivity contribution in [3.8, 4) is 5.75 Å². The van der Waals surface area contributed by atoms with Gasteiger partial charge in [0.15, 0.2) is 6.61 Å². The van der Waals surface area contributed by atoms with E-state index < -0.39 is 12.8 Å². The van der Waals surface area contributed by atoms with Gasteiger partial charge in [-0.3, -0.25) is 4.90 Å².